The maximum atomic E-state index is 12.5. The van der Waals surface area contributed by atoms with Gasteiger partial charge in [0.1, 0.15) is 5.60 Å². The average molecular weight is 265 g/mol. The molecule has 3 heteroatoms. The Bertz CT molecular complexity index is 363. The third-order valence-electron chi connectivity index (χ3n) is 5.53. The van der Waals surface area contributed by atoms with Gasteiger partial charge in [0.25, 0.3) is 0 Å². The van der Waals surface area contributed by atoms with Gasteiger partial charge in [0, 0.05) is 0 Å². The van der Waals surface area contributed by atoms with E-state index in [-0.39, 0.29) is 17.5 Å². The van der Waals surface area contributed by atoms with E-state index in [1.165, 1.54) is 32.1 Å². The molecule has 1 N–H and O–H groups in total. The van der Waals surface area contributed by atoms with Crippen molar-refractivity contribution in [3.8, 4) is 0 Å². The van der Waals surface area contributed by atoms with E-state index in [9.17, 15) is 4.79 Å². The van der Waals surface area contributed by atoms with Crippen molar-refractivity contribution in [2.45, 2.75) is 58.5 Å². The molecule has 0 amide bonds. The van der Waals surface area contributed by atoms with Crippen LogP contribution in [0.2, 0.25) is 0 Å². The minimum Gasteiger partial charge on any atom is -0.460 e. The van der Waals surface area contributed by atoms with Gasteiger partial charge in [0.15, 0.2) is 0 Å². The lowest BCUT2D eigenvalue weighted by Gasteiger charge is -2.52. The number of esters is 1. The molecule has 3 atom stereocenters. The van der Waals surface area contributed by atoms with Crippen LogP contribution in [0.1, 0.15) is 52.9 Å². The predicted octanol–water partition coefficient (Wildman–Crippen LogP) is 2.74. The number of rotatable bonds is 2. The Hall–Kier alpha value is -0.570. The summed E-state index contributed by atoms with van der Waals surface area (Å²) in [6.07, 6.45) is 6.26. The smallest absolute Gasteiger partial charge is 0.310 e. The Morgan fingerprint density at radius 3 is 2.47 bits per heavy atom. The van der Waals surface area contributed by atoms with Gasteiger partial charge in [0.05, 0.1) is 5.92 Å². The maximum absolute atomic E-state index is 12.5. The Balaban J connectivity index is 1.73. The molecule has 108 valence electrons. The first-order valence-electron chi connectivity index (χ1n) is 7.86. The third-order valence-corrected chi connectivity index (χ3v) is 5.53. The lowest BCUT2D eigenvalue weighted by molar-refractivity contribution is -0.178. The van der Waals surface area contributed by atoms with Crippen LogP contribution in [0.4, 0.5) is 0 Å². The molecule has 0 radical (unpaired) electrons. The molecule has 0 aromatic heterocycles. The van der Waals surface area contributed by atoms with Gasteiger partial charge in [-0.05, 0) is 83.2 Å². The maximum Gasteiger partial charge on any atom is 0.310 e. The lowest BCUT2D eigenvalue weighted by atomic mass is 9.53. The quantitative estimate of drug-likeness (QED) is 0.780. The van der Waals surface area contributed by atoms with Gasteiger partial charge in [-0.3, -0.25) is 4.79 Å². The largest absolute Gasteiger partial charge is 0.460 e. The number of ether oxygens (including phenoxy) is 1. The Morgan fingerprint density at radius 1 is 1.21 bits per heavy atom. The molecule has 0 aromatic carbocycles. The molecule has 4 rings (SSSR count). The van der Waals surface area contributed by atoms with Crippen LogP contribution in [0, 0.1) is 23.2 Å². The Labute approximate surface area is 116 Å². The fourth-order valence-corrected chi connectivity index (χ4v) is 4.84. The molecule has 3 saturated carbocycles. The number of carbonyl (C=O) groups is 1. The van der Waals surface area contributed by atoms with Crippen molar-refractivity contribution >= 4 is 5.97 Å². The number of hydrogen-bond donors (Lipinski definition) is 1. The van der Waals surface area contributed by atoms with Gasteiger partial charge < -0.3 is 10.1 Å². The van der Waals surface area contributed by atoms with Crippen molar-refractivity contribution in [1.82, 2.24) is 5.32 Å². The first-order chi connectivity index (χ1) is 8.92. The van der Waals surface area contributed by atoms with Crippen LogP contribution >= 0.6 is 0 Å². The second-order valence-electron chi connectivity index (χ2n) is 7.77. The summed E-state index contributed by atoms with van der Waals surface area (Å²) in [6, 6.07) is 0. The third kappa shape index (κ3) is 2.20. The van der Waals surface area contributed by atoms with Gasteiger partial charge in [-0.2, -0.15) is 0 Å². The summed E-state index contributed by atoms with van der Waals surface area (Å²) in [5, 5.41) is 3.44. The van der Waals surface area contributed by atoms with Crippen molar-refractivity contribution in [1.29, 1.82) is 0 Å². The van der Waals surface area contributed by atoms with Crippen molar-refractivity contribution in [3.05, 3.63) is 0 Å². The highest BCUT2D eigenvalue weighted by Crippen LogP contribution is 2.68. The summed E-state index contributed by atoms with van der Waals surface area (Å²) in [5.41, 5.74) is -0.0451. The van der Waals surface area contributed by atoms with E-state index in [2.05, 4.69) is 5.32 Å². The topological polar surface area (TPSA) is 38.3 Å². The summed E-state index contributed by atoms with van der Waals surface area (Å²) in [7, 11) is 0. The molecule has 1 heterocycles. The molecule has 19 heavy (non-hydrogen) atoms. The molecule has 0 spiro atoms. The predicted molar refractivity (Wildman–Crippen MR) is 74.7 cm³/mol. The Morgan fingerprint density at radius 2 is 1.89 bits per heavy atom. The van der Waals surface area contributed by atoms with E-state index in [1.807, 2.05) is 20.8 Å². The minimum absolute atomic E-state index is 0.0831. The van der Waals surface area contributed by atoms with Crippen LogP contribution in [0.15, 0.2) is 0 Å². The molecule has 4 fully saturated rings. The molecule has 4 aliphatic rings. The van der Waals surface area contributed by atoms with E-state index in [4.69, 9.17) is 4.74 Å². The van der Waals surface area contributed by atoms with Gasteiger partial charge >= 0.3 is 5.97 Å². The van der Waals surface area contributed by atoms with Gasteiger partial charge in [-0.15, -0.1) is 0 Å². The monoisotopic (exact) mass is 265 g/mol. The van der Waals surface area contributed by atoms with Crippen molar-refractivity contribution in [2.75, 3.05) is 13.1 Å². The number of hydrogen-bond acceptors (Lipinski definition) is 3. The first kappa shape index (κ1) is 13.4. The molecule has 1 aliphatic heterocycles. The summed E-state index contributed by atoms with van der Waals surface area (Å²) in [4.78, 5) is 12.5. The zero-order valence-electron chi connectivity index (χ0n) is 12.5. The molecular weight excluding hydrogens is 238 g/mol. The van der Waals surface area contributed by atoms with Crippen molar-refractivity contribution < 1.29 is 9.53 Å². The highest BCUT2D eigenvalue weighted by Gasteiger charge is 2.65. The van der Waals surface area contributed by atoms with Crippen LogP contribution in [0.5, 0.6) is 0 Å². The number of nitrogens with one attached hydrogen (secondary N) is 1. The van der Waals surface area contributed by atoms with Crippen LogP contribution in [-0.4, -0.2) is 24.7 Å². The zero-order chi connectivity index (χ0) is 13.7. The van der Waals surface area contributed by atoms with Crippen LogP contribution in [0.3, 0.4) is 0 Å². The average Bonchev–Trinajstić information content (AvgIpc) is 2.86. The van der Waals surface area contributed by atoms with E-state index >= 15 is 0 Å². The van der Waals surface area contributed by atoms with Gasteiger partial charge in [0.2, 0.25) is 0 Å². The second-order valence-corrected chi connectivity index (χ2v) is 7.77. The van der Waals surface area contributed by atoms with E-state index in [0.29, 0.717) is 11.3 Å². The minimum atomic E-state index is -0.346. The van der Waals surface area contributed by atoms with E-state index in [0.717, 1.165) is 19.0 Å². The molecular formula is C16H27NO2. The summed E-state index contributed by atoms with van der Waals surface area (Å²) in [5.74, 6) is 1.64. The highest BCUT2D eigenvalue weighted by atomic mass is 16.6. The molecule has 0 aromatic rings. The second kappa shape index (κ2) is 4.47. The SMILES string of the molecule is CC(C)(C)OC(=O)C1C2CCC1(C1CCNCC1)C2. The fourth-order valence-electron chi connectivity index (χ4n) is 4.84. The molecule has 1 saturated heterocycles. The molecule has 3 aliphatic carbocycles. The van der Waals surface area contributed by atoms with Gasteiger partial charge in [-0.25, -0.2) is 0 Å². The normalized spacial score (nSPS) is 38.9. The van der Waals surface area contributed by atoms with Crippen molar-refractivity contribution in [3.63, 3.8) is 0 Å². The van der Waals surface area contributed by atoms with E-state index < -0.39 is 0 Å². The number of piperidine rings is 1. The van der Waals surface area contributed by atoms with Crippen LogP contribution in [0.25, 0.3) is 0 Å². The number of carbonyl (C=O) groups excluding carboxylic acids is 1. The van der Waals surface area contributed by atoms with Gasteiger partial charge in [-0.1, -0.05) is 0 Å². The molecule has 3 unspecified atom stereocenters. The molecule has 3 nitrogen and oxygen atoms in total. The zero-order valence-corrected chi connectivity index (χ0v) is 12.5. The summed E-state index contributed by atoms with van der Waals surface area (Å²) >= 11 is 0. The summed E-state index contributed by atoms with van der Waals surface area (Å²) < 4.78 is 5.68. The Kier molecular flexibility index (Phi) is 3.16. The van der Waals surface area contributed by atoms with E-state index in [1.54, 1.807) is 0 Å². The lowest BCUT2D eigenvalue weighted by Crippen LogP contribution is -2.53. The highest BCUT2D eigenvalue weighted by molar-refractivity contribution is 5.76. The fraction of sp³-hybridized carbons (Fsp3) is 0.938. The standard InChI is InChI=1S/C16H27NO2/c1-15(2,3)19-14(18)13-11-4-7-16(13,10-11)12-5-8-17-9-6-12/h11-13,17H,4-10H2,1-3H3. The first-order valence-corrected chi connectivity index (χ1v) is 7.86. The van der Waals surface area contributed by atoms with Crippen LogP contribution < -0.4 is 5.32 Å². The molecule has 2 bridgehead atoms. The van der Waals surface area contributed by atoms with Crippen LogP contribution in [-0.2, 0) is 9.53 Å². The number of fused-ring (bicyclic) bond motifs is 1. The summed E-state index contributed by atoms with van der Waals surface area (Å²) in [6.45, 7) is 8.17. The van der Waals surface area contributed by atoms with Crippen molar-refractivity contribution in [2.24, 2.45) is 23.2 Å².